The minimum absolute atomic E-state index is 0.0547. The first-order valence-corrected chi connectivity index (χ1v) is 11.3. The first kappa shape index (κ1) is 20.3. The highest BCUT2D eigenvalue weighted by atomic mass is 16.2. The molecule has 2 N–H and O–H groups in total. The highest BCUT2D eigenvalue weighted by Gasteiger charge is 2.27. The third-order valence-electron chi connectivity index (χ3n) is 6.46. The first-order chi connectivity index (χ1) is 15.6. The molecule has 0 bridgehead atoms. The molecule has 5 heteroatoms. The van der Waals surface area contributed by atoms with E-state index in [0.717, 1.165) is 53.1 Å². The van der Waals surface area contributed by atoms with Crippen LogP contribution in [0.4, 0.5) is 10.5 Å². The number of imidazole rings is 1. The Balaban J connectivity index is 1.34. The van der Waals surface area contributed by atoms with Crippen LogP contribution in [0.5, 0.6) is 0 Å². The van der Waals surface area contributed by atoms with Gasteiger partial charge in [-0.1, -0.05) is 48.5 Å². The number of carbonyl (C=O) groups excluding carboxylic acids is 1. The fraction of sp³-hybridized carbons (Fsp3) is 0.259. The number of carbonyl (C=O) groups is 1. The maximum absolute atomic E-state index is 13.2. The molecule has 1 fully saturated rings. The summed E-state index contributed by atoms with van der Waals surface area (Å²) in [5.41, 5.74) is 7.53. The van der Waals surface area contributed by atoms with Crippen LogP contribution >= 0.6 is 0 Å². The molecule has 1 atom stereocenters. The summed E-state index contributed by atoms with van der Waals surface area (Å²) >= 11 is 0. The van der Waals surface area contributed by atoms with Crippen LogP contribution in [0, 0.1) is 13.8 Å². The molecule has 0 aliphatic carbocycles. The van der Waals surface area contributed by atoms with E-state index in [9.17, 15) is 4.79 Å². The van der Waals surface area contributed by atoms with Crippen LogP contribution in [0.2, 0.25) is 0 Å². The number of benzene rings is 3. The van der Waals surface area contributed by atoms with E-state index in [1.165, 1.54) is 11.1 Å². The van der Waals surface area contributed by atoms with Crippen molar-refractivity contribution in [1.29, 1.82) is 0 Å². The van der Waals surface area contributed by atoms with Crippen molar-refractivity contribution in [3.63, 3.8) is 0 Å². The summed E-state index contributed by atoms with van der Waals surface area (Å²) in [5, 5.41) is 3.15. The number of aromatic amines is 1. The number of H-pyrrole nitrogens is 1. The molecule has 4 aromatic rings. The van der Waals surface area contributed by atoms with E-state index in [0.29, 0.717) is 6.54 Å². The predicted octanol–water partition coefficient (Wildman–Crippen LogP) is 6.26. The molecule has 0 radical (unpaired) electrons. The van der Waals surface area contributed by atoms with Crippen LogP contribution in [0.15, 0.2) is 66.7 Å². The number of fused-ring (bicyclic) bond motifs is 1. The first-order valence-electron chi connectivity index (χ1n) is 11.3. The van der Waals surface area contributed by atoms with Gasteiger partial charge in [0.2, 0.25) is 0 Å². The standard InChI is InChI=1S/C27H28N4O/c1-18-15-24-25(16-19(18)2)29-26(28-24)21-11-8-14-31(17-21)27(32)30-23-13-7-6-12-22(23)20-9-4-3-5-10-20/h3-7,9-10,12-13,15-16,21H,8,11,14,17H2,1-2H3,(H,28,29)(H,30,32)/t21-/m1/s1. The monoisotopic (exact) mass is 424 g/mol. The number of anilines is 1. The number of rotatable bonds is 3. The number of piperidine rings is 1. The summed E-state index contributed by atoms with van der Waals surface area (Å²) < 4.78 is 0. The zero-order valence-corrected chi connectivity index (χ0v) is 18.6. The maximum Gasteiger partial charge on any atom is 0.321 e. The predicted molar refractivity (Wildman–Crippen MR) is 130 cm³/mol. The van der Waals surface area contributed by atoms with Crippen molar-refractivity contribution in [2.24, 2.45) is 0 Å². The van der Waals surface area contributed by atoms with Crippen molar-refractivity contribution < 1.29 is 4.79 Å². The smallest absolute Gasteiger partial charge is 0.321 e. The Hall–Kier alpha value is -3.60. The van der Waals surface area contributed by atoms with E-state index in [1.54, 1.807) is 0 Å². The number of nitrogens with one attached hydrogen (secondary N) is 2. The van der Waals surface area contributed by atoms with Crippen molar-refractivity contribution >= 4 is 22.8 Å². The molecular weight excluding hydrogens is 396 g/mol. The van der Waals surface area contributed by atoms with Gasteiger partial charge in [0.05, 0.1) is 16.7 Å². The molecular formula is C27H28N4O. The molecule has 1 aromatic heterocycles. The van der Waals surface area contributed by atoms with Crippen molar-refractivity contribution in [3.8, 4) is 11.1 Å². The topological polar surface area (TPSA) is 61.0 Å². The summed E-state index contributed by atoms with van der Waals surface area (Å²) in [4.78, 5) is 23.4. The van der Waals surface area contributed by atoms with Gasteiger partial charge in [0, 0.05) is 24.6 Å². The highest BCUT2D eigenvalue weighted by Crippen LogP contribution is 2.30. The fourth-order valence-corrected chi connectivity index (χ4v) is 4.52. The van der Waals surface area contributed by atoms with Gasteiger partial charge in [0.15, 0.2) is 0 Å². The summed E-state index contributed by atoms with van der Waals surface area (Å²) in [7, 11) is 0. The highest BCUT2D eigenvalue weighted by molar-refractivity contribution is 5.94. The number of hydrogen-bond donors (Lipinski definition) is 2. The average molecular weight is 425 g/mol. The second kappa shape index (κ2) is 8.50. The number of aromatic nitrogens is 2. The lowest BCUT2D eigenvalue weighted by atomic mass is 9.97. The third-order valence-corrected chi connectivity index (χ3v) is 6.46. The van der Waals surface area contributed by atoms with Crippen LogP contribution in [0.25, 0.3) is 22.2 Å². The molecule has 32 heavy (non-hydrogen) atoms. The molecule has 1 aliphatic rings. The SMILES string of the molecule is Cc1cc2nc([C@@H]3CCCN(C(=O)Nc4ccccc4-c4ccccc4)C3)[nH]c2cc1C. The minimum Gasteiger partial charge on any atom is -0.342 e. The second-order valence-corrected chi connectivity index (χ2v) is 8.70. The molecule has 0 spiro atoms. The Labute approximate surface area is 188 Å². The van der Waals surface area contributed by atoms with Gasteiger partial charge in [0.1, 0.15) is 5.82 Å². The summed E-state index contributed by atoms with van der Waals surface area (Å²) in [6.45, 7) is 5.66. The molecule has 2 amide bonds. The van der Waals surface area contributed by atoms with Crippen LogP contribution in [0.1, 0.15) is 35.7 Å². The molecule has 0 unspecified atom stereocenters. The number of urea groups is 1. The van der Waals surface area contributed by atoms with Crippen LogP contribution in [-0.2, 0) is 0 Å². The number of amides is 2. The Bertz CT molecular complexity index is 1220. The zero-order chi connectivity index (χ0) is 22.1. The van der Waals surface area contributed by atoms with E-state index in [2.05, 4.69) is 48.4 Å². The lowest BCUT2D eigenvalue weighted by Gasteiger charge is -2.32. The van der Waals surface area contributed by atoms with Gasteiger partial charge >= 0.3 is 6.03 Å². The van der Waals surface area contributed by atoms with Gasteiger partial charge in [-0.2, -0.15) is 0 Å². The van der Waals surface area contributed by atoms with Crippen molar-refractivity contribution in [2.45, 2.75) is 32.6 Å². The van der Waals surface area contributed by atoms with Crippen LogP contribution in [0.3, 0.4) is 0 Å². The van der Waals surface area contributed by atoms with E-state index in [-0.39, 0.29) is 11.9 Å². The summed E-state index contributed by atoms with van der Waals surface area (Å²) in [6, 6.07) is 22.4. The molecule has 1 saturated heterocycles. The van der Waals surface area contributed by atoms with E-state index in [4.69, 9.17) is 4.98 Å². The number of likely N-dealkylation sites (tertiary alicyclic amines) is 1. The molecule has 5 nitrogen and oxygen atoms in total. The zero-order valence-electron chi connectivity index (χ0n) is 18.6. The average Bonchev–Trinajstić information content (AvgIpc) is 3.23. The molecule has 0 saturated carbocycles. The van der Waals surface area contributed by atoms with Gasteiger partial charge < -0.3 is 15.2 Å². The minimum atomic E-state index is -0.0547. The number of nitrogens with zero attached hydrogens (tertiary/aromatic N) is 2. The van der Waals surface area contributed by atoms with E-state index in [1.807, 2.05) is 47.4 Å². The van der Waals surface area contributed by atoms with Crippen molar-refractivity contribution in [3.05, 3.63) is 83.7 Å². The normalized spacial score (nSPS) is 16.3. The number of para-hydroxylation sites is 1. The van der Waals surface area contributed by atoms with E-state index >= 15 is 0 Å². The van der Waals surface area contributed by atoms with E-state index < -0.39 is 0 Å². The molecule has 162 valence electrons. The lowest BCUT2D eigenvalue weighted by Crippen LogP contribution is -2.41. The Morgan fingerprint density at radius 2 is 1.78 bits per heavy atom. The van der Waals surface area contributed by atoms with Crippen LogP contribution < -0.4 is 5.32 Å². The molecule has 1 aliphatic heterocycles. The number of hydrogen-bond acceptors (Lipinski definition) is 2. The largest absolute Gasteiger partial charge is 0.342 e. The quantitative estimate of drug-likeness (QED) is 0.408. The maximum atomic E-state index is 13.2. The molecule has 5 rings (SSSR count). The Kier molecular flexibility index (Phi) is 5.39. The van der Waals surface area contributed by atoms with Gasteiger partial charge in [-0.3, -0.25) is 0 Å². The molecule has 3 aromatic carbocycles. The third kappa shape index (κ3) is 3.98. The van der Waals surface area contributed by atoms with Gasteiger partial charge in [-0.05, 0) is 61.6 Å². The van der Waals surface area contributed by atoms with Crippen molar-refractivity contribution in [2.75, 3.05) is 18.4 Å². The molecule has 2 heterocycles. The lowest BCUT2D eigenvalue weighted by molar-refractivity contribution is 0.191. The van der Waals surface area contributed by atoms with Gasteiger partial charge in [-0.25, -0.2) is 9.78 Å². The van der Waals surface area contributed by atoms with Gasteiger partial charge in [0.25, 0.3) is 0 Å². The number of aryl methyl sites for hydroxylation is 2. The van der Waals surface area contributed by atoms with Gasteiger partial charge in [-0.15, -0.1) is 0 Å². The van der Waals surface area contributed by atoms with Crippen LogP contribution in [-0.4, -0.2) is 34.0 Å². The summed E-state index contributed by atoms with van der Waals surface area (Å²) in [5.74, 6) is 1.19. The second-order valence-electron chi connectivity index (χ2n) is 8.70. The Morgan fingerprint density at radius 3 is 2.62 bits per heavy atom. The summed E-state index contributed by atoms with van der Waals surface area (Å²) in [6.07, 6.45) is 2.00. The fourth-order valence-electron chi connectivity index (χ4n) is 4.52. The Morgan fingerprint density at radius 1 is 1.03 bits per heavy atom. The van der Waals surface area contributed by atoms with Crippen molar-refractivity contribution in [1.82, 2.24) is 14.9 Å².